The van der Waals surface area contributed by atoms with Gasteiger partial charge >= 0.3 is 6.03 Å². The van der Waals surface area contributed by atoms with Gasteiger partial charge in [-0.15, -0.1) is 0 Å². The molecule has 5 heteroatoms. The molecule has 0 saturated carbocycles. The van der Waals surface area contributed by atoms with E-state index < -0.39 is 0 Å². The average molecular weight is 273 g/mol. The number of benzene rings is 1. The first-order valence-electron chi connectivity index (χ1n) is 6.74. The Bertz CT molecular complexity index is 676. The van der Waals surface area contributed by atoms with Gasteiger partial charge < -0.3 is 15.6 Å². The van der Waals surface area contributed by atoms with Gasteiger partial charge in [-0.3, -0.25) is 4.79 Å². The number of pyridine rings is 1. The van der Waals surface area contributed by atoms with Crippen LogP contribution in [0.1, 0.15) is 24.5 Å². The summed E-state index contributed by atoms with van der Waals surface area (Å²) >= 11 is 0. The van der Waals surface area contributed by atoms with Gasteiger partial charge in [-0.25, -0.2) is 4.79 Å². The molecule has 0 aliphatic carbocycles. The third kappa shape index (κ3) is 3.38. The molecule has 0 unspecified atom stereocenters. The van der Waals surface area contributed by atoms with Crippen molar-refractivity contribution in [2.45, 2.75) is 26.8 Å². The maximum Gasteiger partial charge on any atom is 0.315 e. The third-order valence-electron chi connectivity index (χ3n) is 3.08. The summed E-state index contributed by atoms with van der Waals surface area (Å²) in [6.45, 7) is 4.92. The van der Waals surface area contributed by atoms with Gasteiger partial charge in [-0.2, -0.15) is 0 Å². The zero-order chi connectivity index (χ0) is 14.5. The van der Waals surface area contributed by atoms with Crippen molar-refractivity contribution >= 4 is 16.9 Å². The number of urea groups is 1. The summed E-state index contributed by atoms with van der Waals surface area (Å²) in [5.41, 5.74) is 2.42. The van der Waals surface area contributed by atoms with Crippen LogP contribution in [0.5, 0.6) is 0 Å². The second kappa shape index (κ2) is 6.23. The summed E-state index contributed by atoms with van der Waals surface area (Å²) in [4.78, 5) is 25.8. The van der Waals surface area contributed by atoms with Crippen LogP contribution in [0.3, 0.4) is 0 Å². The predicted molar refractivity (Wildman–Crippen MR) is 79.8 cm³/mol. The lowest BCUT2D eigenvalue weighted by atomic mass is 10.1. The van der Waals surface area contributed by atoms with Crippen LogP contribution in [0, 0.1) is 6.92 Å². The average Bonchev–Trinajstić information content (AvgIpc) is 2.44. The molecule has 0 radical (unpaired) electrons. The van der Waals surface area contributed by atoms with Crippen LogP contribution in [-0.4, -0.2) is 17.6 Å². The lowest BCUT2D eigenvalue weighted by Crippen LogP contribution is -2.35. The molecule has 0 atom stereocenters. The minimum absolute atomic E-state index is 0.0673. The lowest BCUT2D eigenvalue weighted by Gasteiger charge is -2.08. The summed E-state index contributed by atoms with van der Waals surface area (Å²) < 4.78 is 0. The number of rotatable bonds is 4. The summed E-state index contributed by atoms with van der Waals surface area (Å²) in [6, 6.07) is 7.42. The van der Waals surface area contributed by atoms with E-state index in [-0.39, 0.29) is 11.6 Å². The second-order valence-electron chi connectivity index (χ2n) is 4.81. The Morgan fingerprint density at radius 1 is 1.25 bits per heavy atom. The van der Waals surface area contributed by atoms with Crippen LogP contribution in [0.4, 0.5) is 4.79 Å². The molecule has 3 N–H and O–H groups in total. The van der Waals surface area contributed by atoms with Crippen LogP contribution in [0.15, 0.2) is 29.1 Å². The van der Waals surface area contributed by atoms with Gasteiger partial charge in [0.1, 0.15) is 0 Å². The van der Waals surface area contributed by atoms with E-state index in [1.165, 1.54) is 0 Å². The molecule has 5 nitrogen and oxygen atoms in total. The number of aryl methyl sites for hydroxylation is 1. The van der Waals surface area contributed by atoms with E-state index in [9.17, 15) is 9.59 Å². The number of amides is 2. The molecule has 1 aromatic carbocycles. The van der Waals surface area contributed by atoms with E-state index in [1.54, 1.807) is 6.92 Å². The number of hydrogen-bond acceptors (Lipinski definition) is 2. The number of aromatic nitrogens is 1. The molecule has 0 aliphatic rings. The molecule has 2 aromatic rings. The zero-order valence-corrected chi connectivity index (χ0v) is 11.7. The fourth-order valence-corrected chi connectivity index (χ4v) is 1.96. The smallest absolute Gasteiger partial charge is 0.315 e. The molecule has 0 spiro atoms. The molecule has 20 heavy (non-hydrogen) atoms. The van der Waals surface area contributed by atoms with Gasteiger partial charge in [0.05, 0.1) is 0 Å². The van der Waals surface area contributed by atoms with Crippen LogP contribution in [0.25, 0.3) is 10.9 Å². The third-order valence-corrected chi connectivity index (χ3v) is 3.08. The minimum atomic E-state index is -0.162. The minimum Gasteiger partial charge on any atom is -0.338 e. The summed E-state index contributed by atoms with van der Waals surface area (Å²) in [5, 5.41) is 6.53. The van der Waals surface area contributed by atoms with Gasteiger partial charge in [0, 0.05) is 24.2 Å². The van der Waals surface area contributed by atoms with E-state index >= 15 is 0 Å². The standard InChI is InChI=1S/C15H19N3O2/c1-3-6-16-15(20)17-9-11-4-5-13-12(8-11)7-10(2)14(19)18-13/h4-5,7-8H,3,6,9H2,1-2H3,(H,18,19)(H2,16,17,20). The zero-order valence-electron chi connectivity index (χ0n) is 11.7. The van der Waals surface area contributed by atoms with Gasteiger partial charge in [-0.05, 0) is 42.5 Å². The normalized spacial score (nSPS) is 10.5. The van der Waals surface area contributed by atoms with Gasteiger partial charge in [0.25, 0.3) is 5.56 Å². The van der Waals surface area contributed by atoms with Gasteiger partial charge in [0.15, 0.2) is 0 Å². The number of aromatic amines is 1. The molecule has 0 aliphatic heterocycles. The Hall–Kier alpha value is -2.30. The van der Waals surface area contributed by atoms with Gasteiger partial charge in [0.2, 0.25) is 0 Å². The highest BCUT2D eigenvalue weighted by molar-refractivity contribution is 5.80. The van der Waals surface area contributed by atoms with E-state index in [4.69, 9.17) is 0 Å². The van der Waals surface area contributed by atoms with Crippen molar-refractivity contribution < 1.29 is 4.79 Å². The van der Waals surface area contributed by atoms with Crippen molar-refractivity contribution in [2.75, 3.05) is 6.54 Å². The largest absolute Gasteiger partial charge is 0.338 e. The topological polar surface area (TPSA) is 74.0 Å². The van der Waals surface area contributed by atoms with Crippen LogP contribution >= 0.6 is 0 Å². The number of carbonyl (C=O) groups is 1. The summed E-state index contributed by atoms with van der Waals surface area (Å²) in [5.74, 6) is 0. The Kier molecular flexibility index (Phi) is 4.40. The fraction of sp³-hybridized carbons (Fsp3) is 0.333. The summed E-state index contributed by atoms with van der Waals surface area (Å²) in [7, 11) is 0. The fourth-order valence-electron chi connectivity index (χ4n) is 1.96. The Morgan fingerprint density at radius 3 is 2.80 bits per heavy atom. The first-order valence-corrected chi connectivity index (χ1v) is 6.74. The Morgan fingerprint density at radius 2 is 2.05 bits per heavy atom. The molecular weight excluding hydrogens is 254 g/mol. The number of fused-ring (bicyclic) bond motifs is 1. The molecule has 2 amide bonds. The molecule has 1 aromatic heterocycles. The molecule has 2 rings (SSSR count). The highest BCUT2D eigenvalue weighted by atomic mass is 16.2. The number of nitrogens with one attached hydrogen (secondary N) is 3. The van der Waals surface area contributed by atoms with E-state index in [0.29, 0.717) is 18.7 Å². The number of hydrogen-bond donors (Lipinski definition) is 3. The summed E-state index contributed by atoms with van der Waals surface area (Å²) in [6.07, 6.45) is 0.913. The van der Waals surface area contributed by atoms with Gasteiger partial charge in [-0.1, -0.05) is 13.0 Å². The van der Waals surface area contributed by atoms with Crippen molar-refractivity contribution in [3.8, 4) is 0 Å². The van der Waals surface area contributed by atoms with Crippen molar-refractivity contribution in [1.82, 2.24) is 15.6 Å². The quantitative estimate of drug-likeness (QED) is 0.797. The highest BCUT2D eigenvalue weighted by Gasteiger charge is 2.02. The first-order chi connectivity index (χ1) is 9.60. The molecule has 0 fully saturated rings. The van der Waals surface area contributed by atoms with Crippen LogP contribution in [-0.2, 0) is 6.54 Å². The second-order valence-corrected chi connectivity index (χ2v) is 4.81. The predicted octanol–water partition coefficient (Wildman–Crippen LogP) is 2.05. The van der Waals surface area contributed by atoms with Crippen molar-refractivity contribution in [2.24, 2.45) is 0 Å². The SMILES string of the molecule is CCCNC(=O)NCc1ccc2[nH]c(=O)c(C)cc2c1. The monoisotopic (exact) mass is 273 g/mol. The Labute approximate surface area is 117 Å². The van der Waals surface area contributed by atoms with E-state index in [2.05, 4.69) is 15.6 Å². The van der Waals surface area contributed by atoms with Crippen molar-refractivity contribution in [1.29, 1.82) is 0 Å². The first kappa shape index (κ1) is 14.1. The van der Waals surface area contributed by atoms with E-state index in [1.807, 2.05) is 31.2 Å². The van der Waals surface area contributed by atoms with Crippen LogP contribution < -0.4 is 16.2 Å². The molecular formula is C15H19N3O2. The van der Waals surface area contributed by atoms with Crippen LogP contribution in [0.2, 0.25) is 0 Å². The molecule has 0 bridgehead atoms. The maximum absolute atomic E-state index is 11.5. The Balaban J connectivity index is 2.10. The molecule has 106 valence electrons. The number of carbonyl (C=O) groups excluding carboxylic acids is 1. The lowest BCUT2D eigenvalue weighted by molar-refractivity contribution is 0.240. The molecule has 0 saturated heterocycles. The van der Waals surface area contributed by atoms with E-state index in [0.717, 1.165) is 22.9 Å². The highest BCUT2D eigenvalue weighted by Crippen LogP contribution is 2.13. The maximum atomic E-state index is 11.5. The molecule has 1 heterocycles. The van der Waals surface area contributed by atoms with Crippen molar-refractivity contribution in [3.05, 3.63) is 45.7 Å². The van der Waals surface area contributed by atoms with Crippen molar-refractivity contribution in [3.63, 3.8) is 0 Å². The number of H-pyrrole nitrogens is 1.